The van der Waals surface area contributed by atoms with E-state index in [4.69, 9.17) is 0 Å². The number of hydrogen-bond donors (Lipinski definition) is 0. The fourth-order valence-corrected chi connectivity index (χ4v) is 3.20. The van der Waals surface area contributed by atoms with Crippen molar-refractivity contribution >= 4 is 5.91 Å². The average Bonchev–Trinajstić information content (AvgIpc) is 3.09. The van der Waals surface area contributed by atoms with Crippen LogP contribution < -0.4 is 0 Å². The molecule has 20 heavy (non-hydrogen) atoms. The molecule has 3 heterocycles. The van der Waals surface area contributed by atoms with Crippen molar-refractivity contribution in [2.75, 3.05) is 26.2 Å². The summed E-state index contributed by atoms with van der Waals surface area (Å²) in [5, 5.41) is 0. The number of likely N-dealkylation sites (tertiary alicyclic amines) is 2. The van der Waals surface area contributed by atoms with Crippen molar-refractivity contribution in [3.63, 3.8) is 0 Å². The van der Waals surface area contributed by atoms with Gasteiger partial charge < -0.3 is 4.90 Å². The van der Waals surface area contributed by atoms with E-state index in [-0.39, 0.29) is 5.92 Å². The van der Waals surface area contributed by atoms with Gasteiger partial charge in [0.15, 0.2) is 0 Å². The summed E-state index contributed by atoms with van der Waals surface area (Å²) >= 11 is 0. The highest BCUT2D eigenvalue weighted by Crippen LogP contribution is 2.22. The molecule has 2 aliphatic rings. The number of aromatic nitrogens is 2. The van der Waals surface area contributed by atoms with E-state index in [1.165, 1.54) is 12.8 Å². The summed E-state index contributed by atoms with van der Waals surface area (Å²) in [7, 11) is 0. The Hall–Kier alpha value is -1.49. The number of carbonyl (C=O) groups is 1. The fraction of sp³-hybridized carbons (Fsp3) is 0.667. The van der Waals surface area contributed by atoms with Crippen molar-refractivity contribution in [3.8, 4) is 0 Å². The van der Waals surface area contributed by atoms with Gasteiger partial charge in [0.25, 0.3) is 0 Å². The molecule has 2 aliphatic heterocycles. The van der Waals surface area contributed by atoms with Crippen LogP contribution in [-0.4, -0.2) is 51.9 Å². The maximum Gasteiger partial charge on any atom is 0.227 e. The van der Waals surface area contributed by atoms with Gasteiger partial charge in [-0.05, 0) is 38.8 Å². The predicted molar refractivity (Wildman–Crippen MR) is 76.0 cm³/mol. The van der Waals surface area contributed by atoms with E-state index >= 15 is 0 Å². The molecule has 2 fully saturated rings. The lowest BCUT2D eigenvalue weighted by atomic mass is 10.1. The third-order valence-electron chi connectivity index (χ3n) is 4.29. The molecule has 1 aromatic heterocycles. The van der Waals surface area contributed by atoms with Crippen LogP contribution in [0.1, 0.15) is 30.7 Å². The average molecular weight is 274 g/mol. The van der Waals surface area contributed by atoms with Gasteiger partial charge in [0, 0.05) is 31.9 Å². The van der Waals surface area contributed by atoms with Crippen LogP contribution in [0.15, 0.2) is 12.4 Å². The normalized spacial score (nSPS) is 23.4. The zero-order chi connectivity index (χ0) is 13.9. The van der Waals surface area contributed by atoms with Gasteiger partial charge >= 0.3 is 0 Å². The maximum atomic E-state index is 12.4. The molecule has 0 bridgehead atoms. The van der Waals surface area contributed by atoms with E-state index < -0.39 is 0 Å². The summed E-state index contributed by atoms with van der Waals surface area (Å²) in [4.78, 5) is 25.2. The van der Waals surface area contributed by atoms with Crippen LogP contribution >= 0.6 is 0 Å². The van der Waals surface area contributed by atoms with Crippen LogP contribution in [0.5, 0.6) is 0 Å². The number of nitrogens with zero attached hydrogens (tertiary/aromatic N) is 4. The summed E-state index contributed by atoms with van der Waals surface area (Å²) in [6.45, 7) is 6.59. The Bertz CT molecular complexity index is 485. The Morgan fingerprint density at radius 3 is 2.85 bits per heavy atom. The molecule has 0 spiro atoms. The first kappa shape index (κ1) is 13.5. The van der Waals surface area contributed by atoms with Crippen LogP contribution in [0.4, 0.5) is 0 Å². The van der Waals surface area contributed by atoms with Gasteiger partial charge in [-0.3, -0.25) is 9.69 Å². The van der Waals surface area contributed by atoms with Crippen LogP contribution in [0.25, 0.3) is 0 Å². The molecule has 1 aromatic rings. The van der Waals surface area contributed by atoms with Crippen LogP contribution in [-0.2, 0) is 11.3 Å². The highest BCUT2D eigenvalue weighted by molar-refractivity contribution is 5.79. The van der Waals surface area contributed by atoms with Crippen molar-refractivity contribution < 1.29 is 4.79 Å². The lowest BCUT2D eigenvalue weighted by Gasteiger charge is -2.20. The third kappa shape index (κ3) is 2.98. The number of carbonyl (C=O) groups excluding carboxylic acids is 1. The Morgan fingerprint density at radius 1 is 1.30 bits per heavy atom. The Kier molecular flexibility index (Phi) is 3.96. The molecular weight excluding hydrogens is 252 g/mol. The molecule has 0 aliphatic carbocycles. The predicted octanol–water partition coefficient (Wildman–Crippen LogP) is 1.23. The van der Waals surface area contributed by atoms with Gasteiger partial charge in [-0.1, -0.05) is 0 Å². The van der Waals surface area contributed by atoms with Gasteiger partial charge in [-0.25, -0.2) is 9.97 Å². The van der Waals surface area contributed by atoms with Crippen LogP contribution in [0.2, 0.25) is 0 Å². The third-order valence-corrected chi connectivity index (χ3v) is 4.29. The van der Waals surface area contributed by atoms with Gasteiger partial charge in [0.1, 0.15) is 6.33 Å². The Labute approximate surface area is 120 Å². The summed E-state index contributed by atoms with van der Waals surface area (Å²) in [6, 6.07) is 2.02. The number of aryl methyl sites for hydroxylation is 1. The lowest BCUT2D eigenvalue weighted by Crippen LogP contribution is -2.35. The summed E-state index contributed by atoms with van der Waals surface area (Å²) in [6.07, 6.45) is 4.94. The highest BCUT2D eigenvalue weighted by Gasteiger charge is 2.32. The maximum absolute atomic E-state index is 12.4. The molecule has 0 N–H and O–H groups in total. The minimum absolute atomic E-state index is 0.191. The fourth-order valence-electron chi connectivity index (χ4n) is 3.20. The molecule has 1 amide bonds. The zero-order valence-electron chi connectivity index (χ0n) is 12.1. The number of amides is 1. The first-order valence-electron chi connectivity index (χ1n) is 7.51. The molecule has 0 radical (unpaired) electrons. The van der Waals surface area contributed by atoms with Gasteiger partial charge in [0.2, 0.25) is 5.91 Å². The summed E-state index contributed by atoms with van der Waals surface area (Å²) in [5.41, 5.74) is 2.05. The second-order valence-electron chi connectivity index (χ2n) is 5.90. The summed E-state index contributed by atoms with van der Waals surface area (Å²) < 4.78 is 0. The molecule has 2 saturated heterocycles. The lowest BCUT2D eigenvalue weighted by molar-refractivity contribution is -0.134. The SMILES string of the molecule is Cc1cc(CN2CCC(C(=O)N3CCCC3)C2)ncn1. The van der Waals surface area contributed by atoms with E-state index in [1.807, 2.05) is 17.9 Å². The Balaban J connectivity index is 1.55. The minimum Gasteiger partial charge on any atom is -0.342 e. The Morgan fingerprint density at radius 2 is 2.10 bits per heavy atom. The van der Waals surface area contributed by atoms with Crippen molar-refractivity contribution in [1.29, 1.82) is 0 Å². The van der Waals surface area contributed by atoms with Crippen molar-refractivity contribution in [1.82, 2.24) is 19.8 Å². The molecule has 0 saturated carbocycles. The standard InChI is InChI=1S/C15H22N4O/c1-12-8-14(17-11-16-12)10-18-7-4-13(9-18)15(20)19-5-2-3-6-19/h8,11,13H,2-7,9-10H2,1H3. The number of hydrogen-bond acceptors (Lipinski definition) is 4. The van der Waals surface area contributed by atoms with E-state index in [9.17, 15) is 4.79 Å². The van der Waals surface area contributed by atoms with Crippen molar-refractivity contribution in [2.45, 2.75) is 32.7 Å². The van der Waals surface area contributed by atoms with Gasteiger partial charge in [0.05, 0.1) is 11.6 Å². The summed E-state index contributed by atoms with van der Waals surface area (Å²) in [5.74, 6) is 0.555. The van der Waals surface area contributed by atoms with E-state index in [0.717, 1.165) is 50.5 Å². The topological polar surface area (TPSA) is 49.3 Å². The van der Waals surface area contributed by atoms with Gasteiger partial charge in [-0.15, -0.1) is 0 Å². The highest BCUT2D eigenvalue weighted by atomic mass is 16.2. The largest absolute Gasteiger partial charge is 0.342 e. The zero-order valence-corrected chi connectivity index (χ0v) is 12.1. The molecule has 1 atom stereocenters. The second-order valence-corrected chi connectivity index (χ2v) is 5.90. The second kappa shape index (κ2) is 5.87. The molecule has 5 heteroatoms. The van der Waals surface area contributed by atoms with E-state index in [0.29, 0.717) is 5.91 Å². The molecule has 1 unspecified atom stereocenters. The number of rotatable bonds is 3. The molecule has 3 rings (SSSR count). The quantitative estimate of drug-likeness (QED) is 0.832. The molecular formula is C15H22N4O. The van der Waals surface area contributed by atoms with Crippen LogP contribution in [0.3, 0.4) is 0 Å². The van der Waals surface area contributed by atoms with E-state index in [1.54, 1.807) is 6.33 Å². The van der Waals surface area contributed by atoms with Crippen molar-refractivity contribution in [3.05, 3.63) is 23.8 Å². The minimum atomic E-state index is 0.191. The van der Waals surface area contributed by atoms with Gasteiger partial charge in [-0.2, -0.15) is 0 Å². The van der Waals surface area contributed by atoms with Crippen molar-refractivity contribution in [2.24, 2.45) is 5.92 Å². The first-order valence-corrected chi connectivity index (χ1v) is 7.51. The van der Waals surface area contributed by atoms with Crippen LogP contribution in [0, 0.1) is 12.8 Å². The van der Waals surface area contributed by atoms with E-state index in [2.05, 4.69) is 14.9 Å². The molecule has 0 aromatic carbocycles. The molecule has 5 nitrogen and oxygen atoms in total. The monoisotopic (exact) mass is 274 g/mol. The first-order chi connectivity index (χ1) is 9.72. The smallest absolute Gasteiger partial charge is 0.227 e. The molecule has 108 valence electrons.